The van der Waals surface area contributed by atoms with Crippen LogP contribution in [0.1, 0.15) is 12.0 Å². The van der Waals surface area contributed by atoms with Crippen LogP contribution in [0.15, 0.2) is 24.3 Å². The maximum atomic E-state index is 12.6. The van der Waals surface area contributed by atoms with Crippen molar-refractivity contribution in [1.29, 1.82) is 0 Å². The summed E-state index contributed by atoms with van der Waals surface area (Å²) in [5.74, 6) is -1.20. The average molecular weight is 271 g/mol. The summed E-state index contributed by atoms with van der Waals surface area (Å²) in [4.78, 5) is 13.4. The molecule has 0 aliphatic carbocycles. The number of carbonyl (C=O) groups is 1. The molecular formula is C12H14FNO3S. The third-order valence-electron chi connectivity index (χ3n) is 3.05. The highest BCUT2D eigenvalue weighted by molar-refractivity contribution is 7.86. The molecule has 0 saturated carbocycles. The van der Waals surface area contributed by atoms with E-state index >= 15 is 0 Å². The topological polar surface area (TPSA) is 54.5 Å². The van der Waals surface area contributed by atoms with E-state index in [0.29, 0.717) is 0 Å². The van der Waals surface area contributed by atoms with Gasteiger partial charge in [0.05, 0.1) is 5.75 Å². The molecule has 0 spiro atoms. The van der Waals surface area contributed by atoms with Gasteiger partial charge in [-0.05, 0) is 18.6 Å². The van der Waals surface area contributed by atoms with Crippen LogP contribution in [0.25, 0.3) is 0 Å². The van der Waals surface area contributed by atoms with Crippen molar-refractivity contribution in [2.75, 3.05) is 17.2 Å². The van der Waals surface area contributed by atoms with Crippen molar-refractivity contribution in [2.24, 2.45) is 5.92 Å². The predicted octanol–water partition coefficient (Wildman–Crippen LogP) is 1.65. The Bertz CT molecular complexity index is 570. The van der Waals surface area contributed by atoms with Gasteiger partial charge < -0.3 is 4.90 Å². The summed E-state index contributed by atoms with van der Waals surface area (Å²) in [5.41, 5.74) is 1.70. The molecule has 1 amide bonds. The zero-order chi connectivity index (χ0) is 13.3. The largest absolute Gasteiger partial charge is 0.312 e. The minimum Gasteiger partial charge on any atom is -0.312 e. The van der Waals surface area contributed by atoms with Crippen molar-refractivity contribution in [3.8, 4) is 0 Å². The summed E-state index contributed by atoms with van der Waals surface area (Å²) in [6.45, 7) is 2.13. The van der Waals surface area contributed by atoms with Gasteiger partial charge in [-0.15, -0.1) is 3.89 Å². The molecule has 6 heteroatoms. The Morgan fingerprint density at radius 3 is 2.67 bits per heavy atom. The highest BCUT2D eigenvalue weighted by atomic mass is 32.3. The third kappa shape index (κ3) is 2.87. The highest BCUT2D eigenvalue weighted by Gasteiger charge is 2.33. The van der Waals surface area contributed by atoms with E-state index < -0.39 is 21.9 Å². The minimum absolute atomic E-state index is 0.0808. The second kappa shape index (κ2) is 4.68. The molecule has 98 valence electrons. The lowest BCUT2D eigenvalue weighted by molar-refractivity contribution is -0.117. The Morgan fingerprint density at radius 1 is 1.39 bits per heavy atom. The summed E-state index contributed by atoms with van der Waals surface area (Å²) in [5, 5.41) is 0. The molecule has 1 aliphatic heterocycles. The number of benzene rings is 1. The average Bonchev–Trinajstić information content (AvgIpc) is 2.57. The van der Waals surface area contributed by atoms with E-state index in [9.17, 15) is 17.1 Å². The van der Waals surface area contributed by atoms with Gasteiger partial charge in [0.15, 0.2) is 0 Å². The number of rotatable bonds is 3. The predicted molar refractivity (Wildman–Crippen MR) is 66.5 cm³/mol. The Kier molecular flexibility index (Phi) is 3.38. The fourth-order valence-electron chi connectivity index (χ4n) is 2.27. The van der Waals surface area contributed by atoms with Crippen LogP contribution in [0.3, 0.4) is 0 Å². The molecule has 1 aromatic carbocycles. The molecule has 4 nitrogen and oxygen atoms in total. The van der Waals surface area contributed by atoms with Crippen molar-refractivity contribution in [3.63, 3.8) is 0 Å². The molecule has 1 aromatic rings. The van der Waals surface area contributed by atoms with Gasteiger partial charge in [0, 0.05) is 24.6 Å². The first kappa shape index (κ1) is 13.0. The molecule has 0 radical (unpaired) electrons. The standard InChI is InChI=1S/C12H14FNO3S/c1-9-4-2-3-5-11(9)14-7-10(6-12(14)15)8-18(13,16)17/h2-5,10H,6-8H2,1H3. The van der Waals surface area contributed by atoms with Crippen LogP contribution in [0.2, 0.25) is 0 Å². The highest BCUT2D eigenvalue weighted by Crippen LogP contribution is 2.28. The van der Waals surface area contributed by atoms with E-state index in [1.54, 1.807) is 6.07 Å². The maximum Gasteiger partial charge on any atom is 0.302 e. The lowest BCUT2D eigenvalue weighted by atomic mass is 10.1. The van der Waals surface area contributed by atoms with Crippen LogP contribution in [0.4, 0.5) is 9.57 Å². The Morgan fingerprint density at radius 2 is 2.06 bits per heavy atom. The fourth-order valence-corrected chi connectivity index (χ4v) is 3.06. The first-order valence-electron chi connectivity index (χ1n) is 5.65. The van der Waals surface area contributed by atoms with Gasteiger partial charge in [-0.25, -0.2) is 0 Å². The molecule has 1 aliphatic rings. The van der Waals surface area contributed by atoms with E-state index in [1.165, 1.54) is 4.90 Å². The molecular weight excluding hydrogens is 257 g/mol. The van der Waals surface area contributed by atoms with Gasteiger partial charge in [0.1, 0.15) is 0 Å². The molecule has 1 saturated heterocycles. The van der Waals surface area contributed by atoms with Crippen LogP contribution < -0.4 is 4.90 Å². The van der Waals surface area contributed by atoms with Crippen molar-refractivity contribution < 1.29 is 17.1 Å². The molecule has 1 unspecified atom stereocenters. The summed E-state index contributed by atoms with van der Waals surface area (Å²) in [6.07, 6.45) is 0.0808. The molecule has 0 N–H and O–H groups in total. The van der Waals surface area contributed by atoms with E-state index in [2.05, 4.69) is 0 Å². The number of aryl methyl sites for hydroxylation is 1. The number of anilines is 1. The summed E-state index contributed by atoms with van der Waals surface area (Å²) < 4.78 is 33.8. The van der Waals surface area contributed by atoms with Crippen molar-refractivity contribution >= 4 is 21.8 Å². The lowest BCUT2D eigenvalue weighted by Crippen LogP contribution is -2.26. The smallest absolute Gasteiger partial charge is 0.302 e. The van der Waals surface area contributed by atoms with Gasteiger partial charge in [0.2, 0.25) is 5.91 Å². The number of halogens is 1. The second-order valence-corrected chi connectivity index (χ2v) is 5.98. The van der Waals surface area contributed by atoms with Gasteiger partial charge in [-0.1, -0.05) is 18.2 Å². The van der Waals surface area contributed by atoms with Gasteiger partial charge in [0.25, 0.3) is 0 Å². The van der Waals surface area contributed by atoms with Crippen molar-refractivity contribution in [2.45, 2.75) is 13.3 Å². The third-order valence-corrected chi connectivity index (χ3v) is 3.92. The van der Waals surface area contributed by atoms with Gasteiger partial charge in [-0.2, -0.15) is 8.42 Å². The number of hydrogen-bond acceptors (Lipinski definition) is 3. The van der Waals surface area contributed by atoms with Crippen LogP contribution in [0, 0.1) is 12.8 Å². The number of nitrogens with zero attached hydrogens (tertiary/aromatic N) is 1. The van der Waals surface area contributed by atoms with Gasteiger partial charge in [-0.3, -0.25) is 4.79 Å². The Balaban J connectivity index is 2.18. The van der Waals surface area contributed by atoms with Crippen molar-refractivity contribution in [1.82, 2.24) is 0 Å². The lowest BCUT2D eigenvalue weighted by Gasteiger charge is -2.18. The monoisotopic (exact) mass is 271 g/mol. The van der Waals surface area contributed by atoms with Crippen LogP contribution in [-0.2, 0) is 15.0 Å². The molecule has 1 fully saturated rings. The zero-order valence-corrected chi connectivity index (χ0v) is 10.8. The number of hydrogen-bond donors (Lipinski definition) is 0. The summed E-state index contributed by atoms with van der Waals surface area (Å²) in [7, 11) is -4.53. The van der Waals surface area contributed by atoms with E-state index in [4.69, 9.17) is 0 Å². The molecule has 0 aromatic heterocycles. The fraction of sp³-hybridized carbons (Fsp3) is 0.417. The first-order chi connectivity index (χ1) is 8.37. The number of carbonyl (C=O) groups excluding carboxylic acids is 1. The Labute approximate surface area is 106 Å². The van der Waals surface area contributed by atoms with E-state index in [1.807, 2.05) is 25.1 Å². The van der Waals surface area contributed by atoms with Crippen LogP contribution >= 0.6 is 0 Å². The molecule has 18 heavy (non-hydrogen) atoms. The molecule has 1 atom stereocenters. The summed E-state index contributed by atoms with van der Waals surface area (Å²) >= 11 is 0. The number of para-hydroxylation sites is 1. The second-order valence-electron chi connectivity index (χ2n) is 4.57. The SMILES string of the molecule is Cc1ccccc1N1CC(CS(=O)(=O)F)CC1=O. The quantitative estimate of drug-likeness (QED) is 0.785. The van der Waals surface area contributed by atoms with Crippen LogP contribution in [-0.4, -0.2) is 26.6 Å². The number of amides is 1. The van der Waals surface area contributed by atoms with Gasteiger partial charge >= 0.3 is 10.2 Å². The van der Waals surface area contributed by atoms with Crippen LogP contribution in [0.5, 0.6) is 0 Å². The normalized spacial score (nSPS) is 20.4. The minimum atomic E-state index is -4.53. The van der Waals surface area contributed by atoms with E-state index in [0.717, 1.165) is 11.3 Å². The Hall–Kier alpha value is -1.43. The molecule has 0 bridgehead atoms. The zero-order valence-electron chi connectivity index (χ0n) is 9.97. The van der Waals surface area contributed by atoms with Crippen molar-refractivity contribution in [3.05, 3.63) is 29.8 Å². The molecule has 2 rings (SSSR count). The summed E-state index contributed by atoms with van der Waals surface area (Å²) in [6, 6.07) is 7.36. The molecule has 1 heterocycles. The maximum absolute atomic E-state index is 12.6. The van der Waals surface area contributed by atoms with E-state index in [-0.39, 0.29) is 18.9 Å². The first-order valence-corrected chi connectivity index (χ1v) is 7.20.